The van der Waals surface area contributed by atoms with Gasteiger partial charge < -0.3 is 19.3 Å². The molecule has 2 atom stereocenters. The van der Waals surface area contributed by atoms with Crippen LogP contribution >= 0.6 is 0 Å². The van der Waals surface area contributed by atoms with E-state index < -0.39 is 52.4 Å². The summed E-state index contributed by atoms with van der Waals surface area (Å²) in [5, 5.41) is 9.44. The molecular weight excluding hydrogens is 580 g/mol. The molecule has 0 fully saturated rings. The first-order chi connectivity index (χ1) is 21.1. The number of halogens is 4. The van der Waals surface area contributed by atoms with Crippen LogP contribution in [0, 0.1) is 29.2 Å². The van der Waals surface area contributed by atoms with Crippen molar-refractivity contribution in [3.8, 4) is 17.2 Å². The average molecular weight is 607 g/mol. The second-order valence-corrected chi connectivity index (χ2v) is 10.2. The van der Waals surface area contributed by atoms with E-state index in [-0.39, 0.29) is 30.1 Å². The van der Waals surface area contributed by atoms with Gasteiger partial charge in [-0.25, -0.2) is 22.4 Å². The minimum atomic E-state index is -1.32. The van der Waals surface area contributed by atoms with E-state index in [0.717, 1.165) is 0 Å². The number of methoxy groups -OCH3 is 2. The Morgan fingerprint density at radius 3 is 2.20 bits per heavy atom. The summed E-state index contributed by atoms with van der Waals surface area (Å²) in [6.07, 6.45) is 1.81. The number of aromatic carboxylic acids is 1. The van der Waals surface area contributed by atoms with Crippen molar-refractivity contribution in [2.24, 2.45) is 5.92 Å². The summed E-state index contributed by atoms with van der Waals surface area (Å²) in [6, 6.07) is 16.0. The third-order valence-corrected chi connectivity index (χ3v) is 7.48. The van der Waals surface area contributed by atoms with Crippen LogP contribution in [-0.2, 0) is 6.61 Å². The van der Waals surface area contributed by atoms with E-state index in [4.69, 9.17) is 14.2 Å². The molecule has 0 bridgehead atoms. The van der Waals surface area contributed by atoms with Gasteiger partial charge in [-0.1, -0.05) is 30.3 Å². The maximum absolute atomic E-state index is 14.8. The highest BCUT2D eigenvalue weighted by Gasteiger charge is 2.39. The standard InChI is InChI=1S/C34H26F4O6/c1-42-24-11-18(10-21(12-24)34(40)41)17-44-30-5-3-4-25(33(30)43-2)26-13-20(19-6-8-22(35)9-7-19)14-27(26)32(39)31-28(37)15-23(36)16-29(31)38/h3-12,14-16,26-27H,13,17H2,1-2H3,(H,40,41). The molecule has 4 aromatic rings. The summed E-state index contributed by atoms with van der Waals surface area (Å²) in [7, 11) is 2.81. The number of hydrogen-bond donors (Lipinski definition) is 1. The molecule has 0 amide bonds. The number of rotatable bonds is 10. The lowest BCUT2D eigenvalue weighted by atomic mass is 9.82. The maximum atomic E-state index is 14.8. The quantitative estimate of drug-likeness (QED) is 0.148. The number of para-hydroxylation sites is 1. The van der Waals surface area contributed by atoms with Crippen molar-refractivity contribution >= 4 is 17.3 Å². The Balaban J connectivity index is 1.53. The zero-order valence-corrected chi connectivity index (χ0v) is 23.6. The van der Waals surface area contributed by atoms with Crippen LogP contribution in [0.4, 0.5) is 17.6 Å². The van der Waals surface area contributed by atoms with Crippen molar-refractivity contribution < 1.29 is 46.5 Å². The molecule has 226 valence electrons. The van der Waals surface area contributed by atoms with E-state index in [1.54, 1.807) is 42.5 Å². The molecule has 6 nitrogen and oxygen atoms in total. The number of carboxylic acids is 1. The Morgan fingerprint density at radius 2 is 1.57 bits per heavy atom. The van der Waals surface area contributed by atoms with E-state index in [2.05, 4.69) is 0 Å². The van der Waals surface area contributed by atoms with Gasteiger partial charge in [-0.2, -0.15) is 0 Å². The third kappa shape index (κ3) is 6.15. The maximum Gasteiger partial charge on any atom is 0.335 e. The zero-order chi connectivity index (χ0) is 31.5. The minimum Gasteiger partial charge on any atom is -0.497 e. The predicted octanol–water partition coefficient (Wildman–Crippen LogP) is 7.61. The van der Waals surface area contributed by atoms with E-state index in [1.807, 2.05) is 0 Å². The van der Waals surface area contributed by atoms with Crippen molar-refractivity contribution in [3.05, 3.63) is 130 Å². The number of hydrogen-bond acceptors (Lipinski definition) is 5. The third-order valence-electron chi connectivity index (χ3n) is 7.48. The van der Waals surface area contributed by atoms with E-state index in [9.17, 15) is 32.3 Å². The number of Topliss-reactive ketones (excluding diaryl/α,β-unsaturated/α-hetero) is 1. The van der Waals surface area contributed by atoms with Crippen LogP contribution in [0.25, 0.3) is 5.57 Å². The fraction of sp³-hybridized carbons (Fsp3) is 0.176. The second-order valence-electron chi connectivity index (χ2n) is 10.2. The van der Waals surface area contributed by atoms with Gasteiger partial charge in [0, 0.05) is 29.5 Å². The number of carboxylic acid groups (broad SMARTS) is 1. The fourth-order valence-electron chi connectivity index (χ4n) is 5.45. The molecule has 2 unspecified atom stereocenters. The summed E-state index contributed by atoms with van der Waals surface area (Å²) >= 11 is 0. The molecule has 1 aliphatic rings. The number of ketones is 1. The van der Waals surface area contributed by atoms with Gasteiger partial charge in [0.05, 0.1) is 25.3 Å². The Bertz CT molecular complexity index is 1740. The zero-order valence-electron chi connectivity index (χ0n) is 23.6. The lowest BCUT2D eigenvalue weighted by Gasteiger charge is -2.23. The van der Waals surface area contributed by atoms with Crippen LogP contribution in [0.2, 0.25) is 0 Å². The highest BCUT2D eigenvalue weighted by Crippen LogP contribution is 2.49. The van der Waals surface area contributed by atoms with E-state index in [0.29, 0.717) is 40.1 Å². The largest absolute Gasteiger partial charge is 0.497 e. The molecule has 1 aliphatic carbocycles. The van der Waals surface area contributed by atoms with Crippen LogP contribution in [0.3, 0.4) is 0 Å². The molecule has 0 aliphatic heterocycles. The van der Waals surface area contributed by atoms with Gasteiger partial charge in [-0.15, -0.1) is 0 Å². The first kappa shape index (κ1) is 30.3. The molecule has 0 heterocycles. The van der Waals surface area contributed by atoms with Crippen molar-refractivity contribution in [1.29, 1.82) is 0 Å². The normalized spacial score (nSPS) is 15.9. The molecule has 10 heteroatoms. The van der Waals surface area contributed by atoms with Crippen molar-refractivity contribution in [2.45, 2.75) is 18.9 Å². The summed E-state index contributed by atoms with van der Waals surface area (Å²) in [6.45, 7) is -0.0601. The van der Waals surface area contributed by atoms with Crippen LogP contribution in [0.1, 0.15) is 49.7 Å². The molecular formula is C34H26F4O6. The topological polar surface area (TPSA) is 82.1 Å². The summed E-state index contributed by atoms with van der Waals surface area (Å²) in [5.41, 5.74) is 1.40. The SMILES string of the molecule is COc1cc(COc2cccc(C3CC(c4ccc(F)cc4)=CC3C(=O)c3c(F)cc(F)cc3F)c2OC)cc(C(=O)O)c1. The number of ether oxygens (including phenoxy) is 3. The molecule has 44 heavy (non-hydrogen) atoms. The van der Waals surface area contributed by atoms with Gasteiger partial charge in [-0.05, 0) is 59.5 Å². The predicted molar refractivity (Wildman–Crippen MR) is 153 cm³/mol. The first-order valence-electron chi connectivity index (χ1n) is 13.5. The molecule has 0 aromatic heterocycles. The lowest BCUT2D eigenvalue weighted by Crippen LogP contribution is -2.21. The molecule has 5 rings (SSSR count). The fourth-order valence-corrected chi connectivity index (χ4v) is 5.45. The lowest BCUT2D eigenvalue weighted by molar-refractivity contribution is 0.0695. The number of allylic oxidation sites excluding steroid dienone is 2. The Hall–Kier alpha value is -5.12. The molecule has 4 aromatic carbocycles. The number of carbonyl (C=O) groups excluding carboxylic acids is 1. The van der Waals surface area contributed by atoms with Gasteiger partial charge in [0.1, 0.15) is 35.6 Å². The Kier molecular flexibility index (Phi) is 8.71. The highest BCUT2D eigenvalue weighted by atomic mass is 19.1. The molecule has 0 saturated heterocycles. The van der Waals surface area contributed by atoms with Crippen molar-refractivity contribution in [1.82, 2.24) is 0 Å². The average Bonchev–Trinajstić information content (AvgIpc) is 3.44. The molecule has 1 N–H and O–H groups in total. The summed E-state index contributed by atoms with van der Waals surface area (Å²) in [4.78, 5) is 25.3. The van der Waals surface area contributed by atoms with Gasteiger partial charge >= 0.3 is 5.97 Å². The molecule has 0 saturated carbocycles. The first-order valence-corrected chi connectivity index (χ1v) is 13.5. The smallest absolute Gasteiger partial charge is 0.335 e. The van der Waals surface area contributed by atoms with Crippen LogP contribution < -0.4 is 14.2 Å². The summed E-state index contributed by atoms with van der Waals surface area (Å²) in [5.74, 6) is -7.22. The van der Waals surface area contributed by atoms with E-state index in [1.165, 1.54) is 38.5 Å². The number of carbonyl (C=O) groups is 2. The Morgan fingerprint density at radius 1 is 0.864 bits per heavy atom. The van der Waals surface area contributed by atoms with Gasteiger partial charge in [0.25, 0.3) is 0 Å². The van der Waals surface area contributed by atoms with Crippen LogP contribution in [-0.4, -0.2) is 31.1 Å². The monoisotopic (exact) mass is 606 g/mol. The summed E-state index contributed by atoms with van der Waals surface area (Å²) < 4.78 is 73.8. The molecule has 0 radical (unpaired) electrons. The Labute approximate surface area is 250 Å². The minimum absolute atomic E-state index is 0.00984. The van der Waals surface area contributed by atoms with Gasteiger partial charge in [0.2, 0.25) is 0 Å². The van der Waals surface area contributed by atoms with E-state index >= 15 is 0 Å². The number of benzene rings is 4. The van der Waals surface area contributed by atoms with Gasteiger partial charge in [0.15, 0.2) is 17.3 Å². The van der Waals surface area contributed by atoms with Crippen molar-refractivity contribution in [2.75, 3.05) is 14.2 Å². The van der Waals surface area contributed by atoms with Gasteiger partial charge in [-0.3, -0.25) is 4.79 Å². The molecule has 0 spiro atoms. The second kappa shape index (κ2) is 12.6. The van der Waals surface area contributed by atoms with Crippen LogP contribution in [0.5, 0.6) is 17.2 Å². The van der Waals surface area contributed by atoms with Crippen LogP contribution in [0.15, 0.2) is 78.9 Å². The highest BCUT2D eigenvalue weighted by molar-refractivity contribution is 6.02. The van der Waals surface area contributed by atoms with Crippen molar-refractivity contribution in [3.63, 3.8) is 0 Å².